The number of nitrogens with one attached hydrogen (secondary N) is 1. The smallest absolute Gasteiger partial charge is 0.387 e. The Labute approximate surface area is 142 Å². The molecule has 1 heterocycles. The second-order valence-corrected chi connectivity index (χ2v) is 5.27. The van der Waals surface area contributed by atoms with Crippen molar-refractivity contribution < 1.29 is 18.3 Å². The molecule has 1 N–H and O–H groups in total. The number of para-hydroxylation sites is 2. The number of carbonyl (C=O) groups is 1. The first-order valence-corrected chi connectivity index (χ1v) is 7.43. The number of benzene rings is 2. The highest BCUT2D eigenvalue weighted by molar-refractivity contribution is 7.80. The molecule has 2 aromatic rings. The van der Waals surface area contributed by atoms with Crippen LogP contribution in [0.5, 0.6) is 5.75 Å². The molecule has 1 fully saturated rings. The summed E-state index contributed by atoms with van der Waals surface area (Å²) >= 11 is 5.20. The highest BCUT2D eigenvalue weighted by Gasteiger charge is 2.32. The zero-order valence-corrected chi connectivity index (χ0v) is 13.1. The molecule has 1 saturated heterocycles. The Hall–Kier alpha value is -2.80. The predicted molar refractivity (Wildman–Crippen MR) is 90.7 cm³/mol. The van der Waals surface area contributed by atoms with E-state index < -0.39 is 6.61 Å². The monoisotopic (exact) mass is 346 g/mol. The van der Waals surface area contributed by atoms with E-state index in [1.807, 2.05) is 6.07 Å². The molecule has 0 saturated carbocycles. The lowest BCUT2D eigenvalue weighted by atomic mass is 10.1. The molecule has 0 unspecified atom stereocenters. The van der Waals surface area contributed by atoms with E-state index in [1.165, 1.54) is 17.0 Å². The van der Waals surface area contributed by atoms with Crippen LogP contribution >= 0.6 is 12.2 Å². The average molecular weight is 346 g/mol. The first-order chi connectivity index (χ1) is 11.6. The molecule has 0 radical (unpaired) electrons. The van der Waals surface area contributed by atoms with Crippen LogP contribution in [0.15, 0.2) is 60.3 Å². The predicted octanol–water partition coefficient (Wildman–Crippen LogP) is 3.55. The summed E-state index contributed by atoms with van der Waals surface area (Å²) in [5.41, 5.74) is 1.17. The normalized spacial score (nSPS) is 16.0. The number of halogens is 2. The average Bonchev–Trinajstić information content (AvgIpc) is 2.83. The second kappa shape index (κ2) is 6.76. The van der Waals surface area contributed by atoms with E-state index in [0.717, 1.165) is 0 Å². The van der Waals surface area contributed by atoms with Crippen LogP contribution in [0.3, 0.4) is 0 Å². The zero-order valence-electron chi connectivity index (χ0n) is 12.3. The van der Waals surface area contributed by atoms with Crippen LogP contribution in [-0.4, -0.2) is 17.6 Å². The first kappa shape index (κ1) is 16.1. The number of hydrogen-bond acceptors (Lipinski definition) is 3. The first-order valence-electron chi connectivity index (χ1n) is 7.02. The highest BCUT2D eigenvalue weighted by atomic mass is 32.1. The summed E-state index contributed by atoms with van der Waals surface area (Å²) in [6.45, 7) is -2.95. The van der Waals surface area contributed by atoms with Crippen LogP contribution in [-0.2, 0) is 4.79 Å². The molecule has 3 rings (SSSR count). The molecule has 0 aromatic heterocycles. The maximum absolute atomic E-state index is 12.6. The molecule has 2 aromatic carbocycles. The maximum atomic E-state index is 12.6. The number of anilines is 1. The van der Waals surface area contributed by atoms with Gasteiger partial charge in [-0.2, -0.15) is 8.78 Å². The van der Waals surface area contributed by atoms with Crippen LogP contribution in [0.1, 0.15) is 5.56 Å². The van der Waals surface area contributed by atoms with Gasteiger partial charge in [-0.15, -0.1) is 0 Å². The molecule has 7 heteroatoms. The molecule has 24 heavy (non-hydrogen) atoms. The minimum atomic E-state index is -2.95. The Kier molecular flexibility index (Phi) is 4.52. The molecule has 0 atom stereocenters. The van der Waals surface area contributed by atoms with Crippen molar-refractivity contribution in [3.05, 3.63) is 65.9 Å². The Bertz CT molecular complexity index is 809. The fourth-order valence-corrected chi connectivity index (χ4v) is 2.60. The number of thiocarbonyl (C=S) groups is 1. The van der Waals surface area contributed by atoms with Gasteiger partial charge in [0.25, 0.3) is 5.91 Å². The van der Waals surface area contributed by atoms with Gasteiger partial charge in [0.15, 0.2) is 5.11 Å². The van der Waals surface area contributed by atoms with Crippen molar-refractivity contribution in [1.29, 1.82) is 0 Å². The Morgan fingerprint density at radius 2 is 1.75 bits per heavy atom. The summed E-state index contributed by atoms with van der Waals surface area (Å²) in [6.07, 6.45) is 1.44. The fourth-order valence-electron chi connectivity index (χ4n) is 2.31. The van der Waals surface area contributed by atoms with E-state index in [1.54, 1.807) is 42.5 Å². The Morgan fingerprint density at radius 3 is 2.46 bits per heavy atom. The van der Waals surface area contributed by atoms with Gasteiger partial charge in [0, 0.05) is 5.56 Å². The lowest BCUT2D eigenvalue weighted by molar-refractivity contribution is -0.113. The third-order valence-electron chi connectivity index (χ3n) is 3.33. The number of hydrogen-bond donors (Lipinski definition) is 1. The summed E-state index contributed by atoms with van der Waals surface area (Å²) in [7, 11) is 0. The summed E-state index contributed by atoms with van der Waals surface area (Å²) in [6, 6.07) is 15.1. The summed E-state index contributed by atoms with van der Waals surface area (Å²) in [5, 5.41) is 3.03. The van der Waals surface area contributed by atoms with Gasteiger partial charge in [-0.3, -0.25) is 9.69 Å². The summed E-state index contributed by atoms with van der Waals surface area (Å²) in [5.74, 6) is -0.378. The van der Waals surface area contributed by atoms with Gasteiger partial charge in [0.2, 0.25) is 0 Å². The standard InChI is InChI=1S/C17H12F2N2O2S/c18-16(19)23-14-9-5-4-6-11(14)10-13-15(22)21(17(24)20-13)12-7-2-1-3-8-12/h1-10,16H,(H,20,24)/b13-10-. The largest absolute Gasteiger partial charge is 0.434 e. The van der Waals surface area contributed by atoms with Gasteiger partial charge in [0.1, 0.15) is 11.4 Å². The molecule has 1 aliphatic rings. The van der Waals surface area contributed by atoms with E-state index in [-0.39, 0.29) is 22.5 Å². The van der Waals surface area contributed by atoms with Gasteiger partial charge < -0.3 is 10.1 Å². The van der Waals surface area contributed by atoms with Crippen molar-refractivity contribution in [2.24, 2.45) is 0 Å². The van der Waals surface area contributed by atoms with Gasteiger partial charge in [-0.25, -0.2) is 0 Å². The number of carbonyl (C=O) groups excluding carboxylic acids is 1. The third-order valence-corrected chi connectivity index (χ3v) is 3.61. The van der Waals surface area contributed by atoms with Crippen LogP contribution in [0.2, 0.25) is 0 Å². The van der Waals surface area contributed by atoms with Gasteiger partial charge >= 0.3 is 6.61 Å². The van der Waals surface area contributed by atoms with Crippen molar-refractivity contribution in [1.82, 2.24) is 5.32 Å². The number of amides is 1. The Morgan fingerprint density at radius 1 is 1.08 bits per heavy atom. The van der Waals surface area contributed by atoms with Crippen molar-refractivity contribution in [2.75, 3.05) is 4.90 Å². The number of rotatable bonds is 4. The van der Waals surface area contributed by atoms with E-state index in [2.05, 4.69) is 10.1 Å². The quantitative estimate of drug-likeness (QED) is 0.679. The van der Waals surface area contributed by atoms with Crippen molar-refractivity contribution in [2.45, 2.75) is 6.61 Å². The molecule has 1 amide bonds. The van der Waals surface area contributed by atoms with Gasteiger partial charge in [-0.05, 0) is 36.5 Å². The summed E-state index contributed by atoms with van der Waals surface area (Å²) < 4.78 is 29.4. The van der Waals surface area contributed by atoms with Crippen LogP contribution in [0, 0.1) is 0 Å². The zero-order chi connectivity index (χ0) is 17.1. The fraction of sp³-hybridized carbons (Fsp3) is 0.0588. The minimum Gasteiger partial charge on any atom is -0.434 e. The molecule has 0 bridgehead atoms. The molecule has 0 aliphatic carbocycles. The lowest BCUT2D eigenvalue weighted by Crippen LogP contribution is -2.30. The van der Waals surface area contributed by atoms with Crippen molar-refractivity contribution in [3.8, 4) is 5.75 Å². The van der Waals surface area contributed by atoms with E-state index in [4.69, 9.17) is 12.2 Å². The van der Waals surface area contributed by atoms with Crippen molar-refractivity contribution >= 4 is 35.0 Å². The molecular weight excluding hydrogens is 334 g/mol. The van der Waals surface area contributed by atoms with E-state index in [9.17, 15) is 13.6 Å². The topological polar surface area (TPSA) is 41.6 Å². The number of ether oxygens (including phenoxy) is 1. The Balaban J connectivity index is 1.93. The maximum Gasteiger partial charge on any atom is 0.387 e. The SMILES string of the molecule is O=C1/C(=C/c2ccccc2OC(F)F)NC(=S)N1c1ccccc1. The minimum absolute atomic E-state index is 0.0151. The van der Waals surface area contributed by atoms with Gasteiger partial charge in [-0.1, -0.05) is 36.4 Å². The molecular formula is C17H12F2N2O2S. The van der Waals surface area contributed by atoms with Crippen LogP contribution in [0.4, 0.5) is 14.5 Å². The van der Waals surface area contributed by atoms with Crippen LogP contribution in [0.25, 0.3) is 6.08 Å². The molecule has 1 aliphatic heterocycles. The molecule has 122 valence electrons. The van der Waals surface area contributed by atoms with Crippen LogP contribution < -0.4 is 15.0 Å². The summed E-state index contributed by atoms with van der Waals surface area (Å²) in [4.78, 5) is 13.9. The molecule has 0 spiro atoms. The van der Waals surface area contributed by atoms with E-state index >= 15 is 0 Å². The third kappa shape index (κ3) is 3.26. The van der Waals surface area contributed by atoms with E-state index in [0.29, 0.717) is 11.3 Å². The number of alkyl halides is 2. The highest BCUT2D eigenvalue weighted by Crippen LogP contribution is 2.26. The van der Waals surface area contributed by atoms with Crippen molar-refractivity contribution in [3.63, 3.8) is 0 Å². The second-order valence-electron chi connectivity index (χ2n) is 4.88. The van der Waals surface area contributed by atoms with Gasteiger partial charge in [0.05, 0.1) is 5.69 Å². The lowest BCUT2D eigenvalue weighted by Gasteiger charge is -2.13. The molecule has 4 nitrogen and oxygen atoms in total. The number of nitrogens with zero attached hydrogens (tertiary/aromatic N) is 1.